The molecule has 0 aliphatic heterocycles. The summed E-state index contributed by atoms with van der Waals surface area (Å²) in [4.78, 5) is 14.0. The van der Waals surface area contributed by atoms with E-state index in [0.717, 1.165) is 6.54 Å². The molecule has 1 aliphatic rings. The van der Waals surface area contributed by atoms with Crippen LogP contribution in [0.15, 0.2) is 22.7 Å². The molecule has 2 rings (SSSR count). The molecule has 0 aromatic heterocycles. The van der Waals surface area contributed by atoms with Crippen molar-refractivity contribution in [2.45, 2.75) is 18.9 Å². The van der Waals surface area contributed by atoms with Gasteiger partial charge in [-0.1, -0.05) is 15.9 Å². The zero-order chi connectivity index (χ0) is 13.1. The zero-order valence-corrected chi connectivity index (χ0v) is 11.8. The average Bonchev–Trinajstić information content (AvgIpc) is 3.16. The maximum atomic E-state index is 13.5. The second kappa shape index (κ2) is 5.80. The van der Waals surface area contributed by atoms with E-state index < -0.39 is 5.82 Å². The fourth-order valence-corrected chi connectivity index (χ4v) is 2.17. The van der Waals surface area contributed by atoms with E-state index in [0.29, 0.717) is 17.1 Å². The number of rotatable bonds is 5. The van der Waals surface area contributed by atoms with Gasteiger partial charge < -0.3 is 10.2 Å². The lowest BCUT2D eigenvalue weighted by Crippen LogP contribution is -2.34. The van der Waals surface area contributed by atoms with Crippen molar-refractivity contribution in [3.63, 3.8) is 0 Å². The monoisotopic (exact) mass is 314 g/mol. The minimum atomic E-state index is -0.494. The predicted octanol–water partition coefficient (Wildman–Crippen LogP) is 2.41. The van der Waals surface area contributed by atoms with Gasteiger partial charge in [0.1, 0.15) is 5.82 Å². The van der Waals surface area contributed by atoms with Crippen molar-refractivity contribution in [1.82, 2.24) is 10.2 Å². The molecule has 0 bridgehead atoms. The van der Waals surface area contributed by atoms with Gasteiger partial charge in [0.15, 0.2) is 0 Å². The molecule has 1 aliphatic carbocycles. The Balaban J connectivity index is 1.85. The van der Waals surface area contributed by atoms with Crippen LogP contribution in [0.25, 0.3) is 0 Å². The van der Waals surface area contributed by atoms with Gasteiger partial charge >= 0.3 is 0 Å². The molecule has 1 fully saturated rings. The first-order chi connectivity index (χ1) is 8.58. The smallest absolute Gasteiger partial charge is 0.254 e. The van der Waals surface area contributed by atoms with E-state index in [-0.39, 0.29) is 11.5 Å². The fourth-order valence-electron chi connectivity index (χ4n) is 1.81. The summed E-state index contributed by atoms with van der Waals surface area (Å²) in [6.07, 6.45) is 2.48. The van der Waals surface area contributed by atoms with Crippen LogP contribution in [-0.2, 0) is 0 Å². The van der Waals surface area contributed by atoms with E-state index in [1.54, 1.807) is 6.07 Å². The molecule has 0 unspecified atom stereocenters. The van der Waals surface area contributed by atoms with Crippen LogP contribution in [0.4, 0.5) is 4.39 Å². The van der Waals surface area contributed by atoms with E-state index in [2.05, 4.69) is 26.1 Å². The number of nitrogens with one attached hydrogen (secondary N) is 1. The number of halogens is 2. The first-order valence-corrected chi connectivity index (χ1v) is 6.80. The van der Waals surface area contributed by atoms with Gasteiger partial charge in [-0.25, -0.2) is 4.39 Å². The Kier molecular flexibility index (Phi) is 4.35. The molecule has 0 spiro atoms. The molecule has 0 saturated heterocycles. The van der Waals surface area contributed by atoms with Crippen LogP contribution in [0.5, 0.6) is 0 Å². The second-order valence-corrected chi connectivity index (χ2v) is 5.51. The van der Waals surface area contributed by atoms with Gasteiger partial charge in [0.05, 0.1) is 5.56 Å². The molecule has 1 saturated carbocycles. The molecule has 1 N–H and O–H groups in total. The summed E-state index contributed by atoms with van der Waals surface area (Å²) in [6.45, 7) is 1.34. The predicted molar refractivity (Wildman–Crippen MR) is 72.1 cm³/mol. The third-order valence-corrected chi connectivity index (χ3v) is 3.59. The largest absolute Gasteiger partial charge is 0.351 e. The molecule has 0 atom stereocenters. The van der Waals surface area contributed by atoms with Crippen molar-refractivity contribution in [1.29, 1.82) is 0 Å². The van der Waals surface area contributed by atoms with E-state index in [4.69, 9.17) is 0 Å². The summed E-state index contributed by atoms with van der Waals surface area (Å²) < 4.78 is 14.2. The number of carbonyl (C=O) groups excluding carboxylic acids is 1. The second-order valence-electron chi connectivity index (χ2n) is 4.59. The molecule has 18 heavy (non-hydrogen) atoms. The number of carbonyl (C=O) groups is 1. The Morgan fingerprint density at radius 1 is 1.56 bits per heavy atom. The zero-order valence-electron chi connectivity index (χ0n) is 10.2. The Bertz CT molecular complexity index is 449. The van der Waals surface area contributed by atoms with E-state index >= 15 is 0 Å². The summed E-state index contributed by atoms with van der Waals surface area (Å²) in [5.74, 6) is -0.857. The lowest BCUT2D eigenvalue weighted by molar-refractivity contribution is 0.0945. The van der Waals surface area contributed by atoms with Gasteiger partial charge in [0, 0.05) is 23.6 Å². The molecule has 98 valence electrons. The lowest BCUT2D eigenvalue weighted by Gasteiger charge is -2.15. The Morgan fingerprint density at radius 2 is 2.28 bits per heavy atom. The van der Waals surface area contributed by atoms with Gasteiger partial charge in [-0.2, -0.15) is 0 Å². The van der Waals surface area contributed by atoms with Crippen LogP contribution in [0.2, 0.25) is 0 Å². The summed E-state index contributed by atoms with van der Waals surface area (Å²) in [6, 6.07) is 5.03. The Morgan fingerprint density at radius 3 is 2.94 bits per heavy atom. The molecule has 1 aromatic carbocycles. The normalized spacial score (nSPS) is 14.9. The molecule has 1 aromatic rings. The summed E-state index contributed by atoms with van der Waals surface area (Å²) in [5, 5.41) is 2.74. The summed E-state index contributed by atoms with van der Waals surface area (Å²) in [5.41, 5.74) is 0.0819. The first kappa shape index (κ1) is 13.5. The number of amides is 1. The van der Waals surface area contributed by atoms with Gasteiger partial charge in [-0.3, -0.25) is 4.79 Å². The van der Waals surface area contributed by atoms with Gasteiger partial charge in [-0.15, -0.1) is 0 Å². The van der Waals surface area contributed by atoms with Crippen LogP contribution in [-0.4, -0.2) is 37.0 Å². The van der Waals surface area contributed by atoms with Crippen LogP contribution in [0.1, 0.15) is 23.2 Å². The number of hydrogen-bond donors (Lipinski definition) is 1. The SMILES string of the molecule is CN(CCNC(=O)c1cc(Br)ccc1F)C1CC1. The van der Waals surface area contributed by atoms with Crippen LogP contribution >= 0.6 is 15.9 Å². The molecular formula is C13H16BrFN2O. The van der Waals surface area contributed by atoms with Gasteiger partial charge in [0.2, 0.25) is 0 Å². The third-order valence-electron chi connectivity index (χ3n) is 3.09. The number of hydrogen-bond acceptors (Lipinski definition) is 2. The van der Waals surface area contributed by atoms with Crippen molar-refractivity contribution in [3.05, 3.63) is 34.1 Å². The quantitative estimate of drug-likeness (QED) is 0.905. The maximum Gasteiger partial charge on any atom is 0.254 e. The first-order valence-electron chi connectivity index (χ1n) is 6.01. The number of benzene rings is 1. The van der Waals surface area contributed by atoms with Crippen molar-refractivity contribution < 1.29 is 9.18 Å². The highest BCUT2D eigenvalue weighted by molar-refractivity contribution is 9.10. The number of nitrogens with zero attached hydrogens (tertiary/aromatic N) is 1. The van der Waals surface area contributed by atoms with Crippen molar-refractivity contribution in [3.8, 4) is 0 Å². The standard InChI is InChI=1S/C13H16BrFN2O/c1-17(10-3-4-10)7-6-16-13(18)11-8-9(14)2-5-12(11)15/h2,5,8,10H,3-4,6-7H2,1H3,(H,16,18). The van der Waals surface area contributed by atoms with Crippen LogP contribution < -0.4 is 5.32 Å². The molecular weight excluding hydrogens is 299 g/mol. The molecule has 0 radical (unpaired) electrons. The third kappa shape index (κ3) is 3.53. The van der Waals surface area contributed by atoms with Crippen LogP contribution in [0.3, 0.4) is 0 Å². The van der Waals surface area contributed by atoms with E-state index in [9.17, 15) is 9.18 Å². The van der Waals surface area contributed by atoms with Crippen molar-refractivity contribution in [2.75, 3.05) is 20.1 Å². The molecule has 5 heteroatoms. The molecule has 0 heterocycles. The van der Waals surface area contributed by atoms with Gasteiger partial charge in [0.25, 0.3) is 5.91 Å². The van der Waals surface area contributed by atoms with Crippen molar-refractivity contribution >= 4 is 21.8 Å². The highest BCUT2D eigenvalue weighted by Gasteiger charge is 2.25. The highest BCUT2D eigenvalue weighted by Crippen LogP contribution is 2.24. The maximum absolute atomic E-state index is 13.5. The highest BCUT2D eigenvalue weighted by atomic mass is 79.9. The fraction of sp³-hybridized carbons (Fsp3) is 0.462. The molecule has 1 amide bonds. The van der Waals surface area contributed by atoms with Crippen molar-refractivity contribution in [2.24, 2.45) is 0 Å². The number of likely N-dealkylation sites (N-methyl/N-ethyl adjacent to an activating group) is 1. The Labute approximate surface area is 114 Å². The minimum Gasteiger partial charge on any atom is -0.351 e. The lowest BCUT2D eigenvalue weighted by atomic mass is 10.2. The average molecular weight is 315 g/mol. The van der Waals surface area contributed by atoms with Gasteiger partial charge in [-0.05, 0) is 38.1 Å². The Hall–Kier alpha value is -0.940. The topological polar surface area (TPSA) is 32.3 Å². The summed E-state index contributed by atoms with van der Waals surface area (Å²) in [7, 11) is 2.05. The summed E-state index contributed by atoms with van der Waals surface area (Å²) >= 11 is 3.23. The van der Waals surface area contributed by atoms with E-state index in [1.807, 2.05) is 7.05 Å². The van der Waals surface area contributed by atoms with E-state index in [1.165, 1.54) is 25.0 Å². The van der Waals surface area contributed by atoms with Crippen LogP contribution in [0, 0.1) is 5.82 Å². The minimum absolute atomic E-state index is 0.0819. The molecule has 3 nitrogen and oxygen atoms in total.